The summed E-state index contributed by atoms with van der Waals surface area (Å²) in [5.41, 5.74) is -0.00896. The molecule has 0 aromatic carbocycles. The van der Waals surface area contributed by atoms with Gasteiger partial charge in [-0.15, -0.1) is 0 Å². The minimum atomic E-state index is -0.479. The molecule has 0 heterocycles. The van der Waals surface area contributed by atoms with Gasteiger partial charge in [-0.05, 0) is 36.5 Å². The van der Waals surface area contributed by atoms with Gasteiger partial charge >= 0.3 is 5.97 Å². The summed E-state index contributed by atoms with van der Waals surface area (Å²) in [6.07, 6.45) is 1.06. The van der Waals surface area contributed by atoms with Crippen LogP contribution in [0.5, 0.6) is 0 Å². The number of rotatable bonds is 6. The zero-order valence-corrected chi connectivity index (χ0v) is 17.4. The third-order valence-electron chi connectivity index (χ3n) is 3.60. The maximum Gasteiger partial charge on any atom is 0.311 e. The third kappa shape index (κ3) is 10.8. The Morgan fingerprint density at radius 3 is 1.57 bits per heavy atom. The van der Waals surface area contributed by atoms with Crippen LogP contribution in [0.1, 0.15) is 89.0 Å². The van der Waals surface area contributed by atoms with E-state index in [2.05, 4.69) is 62.3 Å². The first-order valence-electron chi connectivity index (χ1n) is 8.87. The van der Waals surface area contributed by atoms with E-state index in [0.29, 0.717) is 6.42 Å². The largest absolute Gasteiger partial charge is 0.435 e. The molecule has 3 nitrogen and oxygen atoms in total. The van der Waals surface area contributed by atoms with Gasteiger partial charge in [0.1, 0.15) is 0 Å². The predicted molar refractivity (Wildman–Crippen MR) is 97.2 cm³/mol. The average molecular weight is 329 g/mol. The van der Waals surface area contributed by atoms with Crippen molar-refractivity contribution in [3.63, 3.8) is 0 Å². The number of carbonyl (C=O) groups is 1. The van der Waals surface area contributed by atoms with Crippen molar-refractivity contribution in [3.8, 4) is 0 Å². The van der Waals surface area contributed by atoms with E-state index in [0.717, 1.165) is 6.42 Å². The second kappa shape index (κ2) is 8.00. The lowest BCUT2D eigenvalue weighted by Gasteiger charge is -2.35. The smallest absolute Gasteiger partial charge is 0.311 e. The Morgan fingerprint density at radius 1 is 0.826 bits per heavy atom. The van der Waals surface area contributed by atoms with Crippen LogP contribution in [0.25, 0.3) is 0 Å². The quantitative estimate of drug-likeness (QED) is 0.455. The first-order valence-corrected chi connectivity index (χ1v) is 8.87. The molecule has 0 rings (SSSR count). The molecule has 0 fully saturated rings. The van der Waals surface area contributed by atoms with Crippen molar-refractivity contribution in [3.05, 3.63) is 0 Å². The summed E-state index contributed by atoms with van der Waals surface area (Å²) in [7, 11) is 0. The van der Waals surface area contributed by atoms with Crippen molar-refractivity contribution in [2.45, 2.75) is 101 Å². The molecule has 3 heteroatoms. The monoisotopic (exact) mass is 328 g/mol. The second-order valence-electron chi connectivity index (χ2n) is 10.5. The molecule has 0 aliphatic heterocycles. The fourth-order valence-electron chi connectivity index (χ4n) is 2.49. The van der Waals surface area contributed by atoms with Gasteiger partial charge in [0.15, 0.2) is 0 Å². The van der Waals surface area contributed by atoms with Gasteiger partial charge < -0.3 is 9.47 Å². The molecule has 138 valence electrons. The summed E-state index contributed by atoms with van der Waals surface area (Å²) in [5, 5.41) is 0. The van der Waals surface area contributed by atoms with Gasteiger partial charge in [-0.25, -0.2) is 0 Å². The average Bonchev–Trinajstić information content (AvgIpc) is 2.19. The van der Waals surface area contributed by atoms with Crippen LogP contribution in [0.4, 0.5) is 0 Å². The van der Waals surface area contributed by atoms with Crippen LogP contribution in [0.3, 0.4) is 0 Å². The van der Waals surface area contributed by atoms with Crippen molar-refractivity contribution < 1.29 is 14.3 Å². The van der Waals surface area contributed by atoms with Crippen LogP contribution in [0.2, 0.25) is 0 Å². The van der Waals surface area contributed by atoms with Gasteiger partial charge in [0.2, 0.25) is 6.29 Å². The molecule has 0 amide bonds. The number of esters is 1. The molecule has 0 saturated heterocycles. The Labute approximate surface area is 144 Å². The van der Waals surface area contributed by atoms with Crippen molar-refractivity contribution >= 4 is 5.97 Å². The van der Waals surface area contributed by atoms with Gasteiger partial charge in [0.05, 0.1) is 12.0 Å². The number of carbonyl (C=O) groups excluding carboxylic acids is 1. The van der Waals surface area contributed by atoms with Crippen LogP contribution < -0.4 is 0 Å². The van der Waals surface area contributed by atoms with Crippen LogP contribution in [-0.2, 0) is 14.3 Å². The van der Waals surface area contributed by atoms with Crippen LogP contribution in [-0.4, -0.2) is 18.4 Å². The summed E-state index contributed by atoms with van der Waals surface area (Å²) >= 11 is 0. The second-order valence-corrected chi connectivity index (χ2v) is 10.5. The maximum absolute atomic E-state index is 12.8. The van der Waals surface area contributed by atoms with E-state index in [1.165, 1.54) is 0 Å². The van der Waals surface area contributed by atoms with Crippen molar-refractivity contribution in [1.29, 1.82) is 0 Å². The highest BCUT2D eigenvalue weighted by atomic mass is 16.7. The van der Waals surface area contributed by atoms with E-state index in [9.17, 15) is 4.79 Å². The molecule has 23 heavy (non-hydrogen) atoms. The highest BCUT2D eigenvalue weighted by Crippen LogP contribution is 2.37. The van der Waals surface area contributed by atoms with E-state index in [1.54, 1.807) is 0 Å². The Morgan fingerprint density at radius 2 is 1.26 bits per heavy atom. The standard InChI is InChI=1S/C20H40O3/c1-14(2)22-16(13-19(6,7)8)23-17(21)15(20(9,10)11)12-18(3,4)5/h14-16H,12-13H2,1-11H3. The summed E-state index contributed by atoms with van der Waals surface area (Å²) < 4.78 is 11.7. The number of hydrogen-bond acceptors (Lipinski definition) is 3. The van der Waals surface area contributed by atoms with Crippen molar-refractivity contribution in [2.24, 2.45) is 22.2 Å². The molecule has 2 atom stereocenters. The Balaban J connectivity index is 5.16. The molecular weight excluding hydrogens is 288 g/mol. The number of ether oxygens (including phenoxy) is 2. The Hall–Kier alpha value is -0.570. The highest BCUT2D eigenvalue weighted by Gasteiger charge is 2.37. The molecule has 0 bridgehead atoms. The molecule has 0 N–H and O–H groups in total. The predicted octanol–water partition coefficient (Wildman–Crippen LogP) is 5.82. The zero-order valence-electron chi connectivity index (χ0n) is 17.4. The molecule has 0 saturated carbocycles. The lowest BCUT2D eigenvalue weighted by atomic mass is 9.72. The zero-order chi connectivity index (χ0) is 18.6. The molecule has 2 unspecified atom stereocenters. The van der Waals surface area contributed by atoms with Crippen LogP contribution in [0, 0.1) is 22.2 Å². The van der Waals surface area contributed by atoms with E-state index in [-0.39, 0.29) is 34.2 Å². The highest BCUT2D eigenvalue weighted by molar-refractivity contribution is 5.73. The van der Waals surface area contributed by atoms with E-state index in [1.807, 2.05) is 13.8 Å². The molecule has 0 aliphatic carbocycles. The Bertz CT molecular complexity index is 364. The van der Waals surface area contributed by atoms with E-state index >= 15 is 0 Å². The van der Waals surface area contributed by atoms with E-state index < -0.39 is 6.29 Å². The first kappa shape index (κ1) is 22.4. The van der Waals surface area contributed by atoms with Gasteiger partial charge in [-0.1, -0.05) is 62.3 Å². The lowest BCUT2D eigenvalue weighted by Crippen LogP contribution is -2.37. The third-order valence-corrected chi connectivity index (χ3v) is 3.60. The van der Waals surface area contributed by atoms with Gasteiger partial charge in [0, 0.05) is 6.42 Å². The lowest BCUT2D eigenvalue weighted by molar-refractivity contribution is -0.201. The van der Waals surface area contributed by atoms with Gasteiger partial charge in [-0.2, -0.15) is 0 Å². The summed E-state index contributed by atoms with van der Waals surface area (Å²) in [4.78, 5) is 12.8. The molecule has 0 aromatic heterocycles. The molecular formula is C20H40O3. The fraction of sp³-hybridized carbons (Fsp3) is 0.950. The summed E-state index contributed by atoms with van der Waals surface area (Å²) in [5.74, 6) is -0.275. The molecule has 0 aliphatic rings. The topological polar surface area (TPSA) is 35.5 Å². The van der Waals surface area contributed by atoms with Crippen LogP contribution >= 0.6 is 0 Å². The molecule has 0 radical (unpaired) electrons. The summed E-state index contributed by atoms with van der Waals surface area (Å²) in [6.45, 7) is 23.1. The van der Waals surface area contributed by atoms with Gasteiger partial charge in [0.25, 0.3) is 0 Å². The SMILES string of the molecule is CC(C)OC(CC(C)(C)C)OC(=O)C(CC(C)(C)C)C(C)(C)C. The van der Waals surface area contributed by atoms with Crippen molar-refractivity contribution in [1.82, 2.24) is 0 Å². The molecule has 0 spiro atoms. The van der Waals surface area contributed by atoms with Crippen molar-refractivity contribution in [2.75, 3.05) is 0 Å². The number of hydrogen-bond donors (Lipinski definition) is 0. The van der Waals surface area contributed by atoms with Gasteiger partial charge in [-0.3, -0.25) is 4.79 Å². The van der Waals surface area contributed by atoms with E-state index in [4.69, 9.17) is 9.47 Å². The first-order chi connectivity index (χ1) is 10.0. The van der Waals surface area contributed by atoms with Crippen LogP contribution in [0.15, 0.2) is 0 Å². The normalized spacial score (nSPS) is 16.3. The fourth-order valence-corrected chi connectivity index (χ4v) is 2.49. The molecule has 0 aromatic rings. The Kier molecular flexibility index (Phi) is 7.81. The summed E-state index contributed by atoms with van der Waals surface area (Å²) in [6, 6.07) is 0. The minimum Gasteiger partial charge on any atom is -0.435 e. The minimum absolute atomic E-state index is 0.0332. The maximum atomic E-state index is 12.8.